The molecule has 102 valence electrons. The van der Waals surface area contributed by atoms with Crippen molar-refractivity contribution in [1.82, 2.24) is 10.2 Å². The first-order valence-electron chi connectivity index (χ1n) is 6.41. The molecule has 0 saturated heterocycles. The maximum atomic E-state index is 5.98. The van der Waals surface area contributed by atoms with E-state index in [4.69, 9.17) is 10.2 Å². The molecule has 0 bridgehead atoms. The third-order valence-corrected chi connectivity index (χ3v) is 3.98. The molecular formula is C14H19N3OS. The van der Waals surface area contributed by atoms with E-state index in [1.807, 2.05) is 0 Å². The molecular weight excluding hydrogens is 258 g/mol. The average molecular weight is 277 g/mol. The van der Waals surface area contributed by atoms with Crippen LogP contribution in [-0.2, 0) is 6.42 Å². The lowest BCUT2D eigenvalue weighted by atomic mass is 10.0. The lowest BCUT2D eigenvalue weighted by Gasteiger charge is -2.10. The molecule has 2 rings (SSSR count). The number of benzene rings is 1. The lowest BCUT2D eigenvalue weighted by molar-refractivity contribution is 0.429. The van der Waals surface area contributed by atoms with Gasteiger partial charge < -0.3 is 10.2 Å². The van der Waals surface area contributed by atoms with E-state index in [2.05, 4.69) is 42.2 Å². The highest BCUT2D eigenvalue weighted by molar-refractivity contribution is 7.99. The number of nitrogens with zero attached hydrogens (tertiary/aromatic N) is 2. The van der Waals surface area contributed by atoms with Crippen molar-refractivity contribution >= 4 is 11.8 Å². The second-order valence-electron chi connectivity index (χ2n) is 4.66. The zero-order valence-corrected chi connectivity index (χ0v) is 12.3. The van der Waals surface area contributed by atoms with Gasteiger partial charge in [0.1, 0.15) is 0 Å². The van der Waals surface area contributed by atoms with Crippen molar-refractivity contribution < 1.29 is 4.42 Å². The van der Waals surface area contributed by atoms with Gasteiger partial charge in [0.25, 0.3) is 5.22 Å². The van der Waals surface area contributed by atoms with Gasteiger partial charge in [-0.15, -0.1) is 10.2 Å². The minimum atomic E-state index is 0.233. The molecule has 0 spiro atoms. The maximum Gasteiger partial charge on any atom is 0.281 e. The molecule has 1 aromatic carbocycles. The van der Waals surface area contributed by atoms with E-state index in [9.17, 15) is 0 Å². The highest BCUT2D eigenvalue weighted by atomic mass is 32.2. The molecule has 19 heavy (non-hydrogen) atoms. The molecule has 1 aromatic heterocycles. The van der Waals surface area contributed by atoms with Crippen LogP contribution in [0.15, 0.2) is 32.7 Å². The number of aromatic nitrogens is 2. The summed E-state index contributed by atoms with van der Waals surface area (Å²) in [5.41, 5.74) is 8.47. The van der Waals surface area contributed by atoms with Gasteiger partial charge in [0.15, 0.2) is 0 Å². The molecule has 1 unspecified atom stereocenters. The van der Waals surface area contributed by atoms with Crippen LogP contribution in [-0.4, -0.2) is 16.2 Å². The van der Waals surface area contributed by atoms with Gasteiger partial charge in [-0.1, -0.05) is 19.1 Å². The van der Waals surface area contributed by atoms with Crippen molar-refractivity contribution in [3.63, 3.8) is 0 Å². The second-order valence-corrected chi connectivity index (χ2v) is 5.65. The van der Waals surface area contributed by atoms with Crippen LogP contribution < -0.4 is 5.73 Å². The van der Waals surface area contributed by atoms with Crippen LogP contribution in [0.1, 0.15) is 30.4 Å². The molecule has 1 atom stereocenters. The molecule has 4 nitrogen and oxygen atoms in total. The van der Waals surface area contributed by atoms with Gasteiger partial charge in [0.2, 0.25) is 5.89 Å². The van der Waals surface area contributed by atoms with Crippen LogP contribution in [0.4, 0.5) is 0 Å². The Morgan fingerprint density at radius 2 is 2.11 bits per heavy atom. The molecule has 2 aromatic rings. The molecule has 0 saturated carbocycles. The first-order chi connectivity index (χ1) is 9.08. The number of nitrogens with two attached hydrogens (primary N) is 1. The van der Waals surface area contributed by atoms with Crippen LogP contribution in [0.5, 0.6) is 0 Å². The standard InChI is InChI=1S/C14H19N3OS/c1-4-12(15)8-11-5-6-13(9(2)7-11)19-14-17-16-10(3)18-14/h5-7,12H,4,8,15H2,1-3H3. The number of hydrogen-bond donors (Lipinski definition) is 1. The van der Waals surface area contributed by atoms with Crippen LogP contribution in [0.3, 0.4) is 0 Å². The van der Waals surface area contributed by atoms with Gasteiger partial charge in [-0.3, -0.25) is 0 Å². The predicted octanol–water partition coefficient (Wildman–Crippen LogP) is 3.12. The quantitative estimate of drug-likeness (QED) is 0.909. The molecule has 5 heteroatoms. The summed E-state index contributed by atoms with van der Waals surface area (Å²) in [7, 11) is 0. The Balaban J connectivity index is 2.10. The highest BCUT2D eigenvalue weighted by Crippen LogP contribution is 2.29. The molecule has 0 amide bonds. The number of rotatable bonds is 5. The smallest absolute Gasteiger partial charge is 0.281 e. The van der Waals surface area contributed by atoms with Crippen molar-refractivity contribution in [2.75, 3.05) is 0 Å². The summed E-state index contributed by atoms with van der Waals surface area (Å²) in [6, 6.07) is 6.63. The van der Waals surface area contributed by atoms with E-state index in [0.717, 1.165) is 17.7 Å². The first kappa shape index (κ1) is 14.1. The highest BCUT2D eigenvalue weighted by Gasteiger charge is 2.09. The Hall–Kier alpha value is -1.33. The molecule has 0 fully saturated rings. The van der Waals surface area contributed by atoms with E-state index in [-0.39, 0.29) is 6.04 Å². The Bertz CT molecular complexity index is 553. The number of hydrogen-bond acceptors (Lipinski definition) is 5. The molecule has 0 aliphatic heterocycles. The van der Waals surface area contributed by atoms with Gasteiger partial charge in [0.05, 0.1) is 0 Å². The average Bonchev–Trinajstić information content (AvgIpc) is 2.78. The van der Waals surface area contributed by atoms with E-state index >= 15 is 0 Å². The monoisotopic (exact) mass is 277 g/mol. The lowest BCUT2D eigenvalue weighted by Crippen LogP contribution is -2.21. The molecule has 0 aliphatic rings. The normalized spacial score (nSPS) is 12.6. The summed E-state index contributed by atoms with van der Waals surface area (Å²) < 4.78 is 5.38. The minimum absolute atomic E-state index is 0.233. The van der Waals surface area contributed by atoms with Crippen molar-refractivity contribution in [2.45, 2.75) is 49.8 Å². The molecule has 2 N–H and O–H groups in total. The van der Waals surface area contributed by atoms with Gasteiger partial charge in [-0.05, 0) is 48.7 Å². The fraction of sp³-hybridized carbons (Fsp3) is 0.429. The predicted molar refractivity (Wildman–Crippen MR) is 76.3 cm³/mol. The third-order valence-electron chi connectivity index (χ3n) is 2.97. The first-order valence-corrected chi connectivity index (χ1v) is 7.23. The van der Waals surface area contributed by atoms with Crippen molar-refractivity contribution in [3.05, 3.63) is 35.2 Å². The molecule has 1 heterocycles. The Morgan fingerprint density at radius 3 is 2.68 bits per heavy atom. The van der Waals surface area contributed by atoms with E-state index in [1.54, 1.807) is 6.92 Å². The largest absolute Gasteiger partial charge is 0.416 e. The topological polar surface area (TPSA) is 64.9 Å². The van der Waals surface area contributed by atoms with E-state index < -0.39 is 0 Å². The maximum absolute atomic E-state index is 5.98. The van der Waals surface area contributed by atoms with Gasteiger partial charge in [0, 0.05) is 17.9 Å². The third kappa shape index (κ3) is 3.81. The summed E-state index contributed by atoms with van der Waals surface area (Å²) in [5, 5.41) is 8.40. The Kier molecular flexibility index (Phi) is 4.61. The number of aryl methyl sites for hydroxylation is 2. The Labute approximate surface area is 117 Å². The zero-order valence-electron chi connectivity index (χ0n) is 11.5. The van der Waals surface area contributed by atoms with Gasteiger partial charge >= 0.3 is 0 Å². The molecule has 0 aliphatic carbocycles. The van der Waals surface area contributed by atoms with E-state index in [0.29, 0.717) is 11.1 Å². The van der Waals surface area contributed by atoms with Crippen LogP contribution in [0.2, 0.25) is 0 Å². The minimum Gasteiger partial charge on any atom is -0.416 e. The summed E-state index contributed by atoms with van der Waals surface area (Å²) in [5.74, 6) is 0.589. The van der Waals surface area contributed by atoms with Crippen LogP contribution in [0, 0.1) is 13.8 Å². The summed E-state index contributed by atoms with van der Waals surface area (Å²) in [6.45, 7) is 5.99. The summed E-state index contributed by atoms with van der Waals surface area (Å²) in [4.78, 5) is 1.14. The Morgan fingerprint density at radius 1 is 1.32 bits per heavy atom. The van der Waals surface area contributed by atoms with Crippen LogP contribution >= 0.6 is 11.8 Å². The van der Waals surface area contributed by atoms with E-state index in [1.165, 1.54) is 22.9 Å². The van der Waals surface area contributed by atoms with Crippen LogP contribution in [0.25, 0.3) is 0 Å². The fourth-order valence-electron chi connectivity index (χ4n) is 1.81. The molecule has 0 radical (unpaired) electrons. The van der Waals surface area contributed by atoms with Crippen molar-refractivity contribution in [3.8, 4) is 0 Å². The van der Waals surface area contributed by atoms with Crippen molar-refractivity contribution in [2.24, 2.45) is 5.73 Å². The summed E-state index contributed by atoms with van der Waals surface area (Å²) in [6.07, 6.45) is 1.92. The second kappa shape index (κ2) is 6.21. The fourth-order valence-corrected chi connectivity index (χ4v) is 2.60. The SMILES string of the molecule is CCC(N)Cc1ccc(Sc2nnc(C)o2)c(C)c1. The zero-order chi connectivity index (χ0) is 13.8. The van der Waals surface area contributed by atoms with Crippen molar-refractivity contribution in [1.29, 1.82) is 0 Å². The van der Waals surface area contributed by atoms with Gasteiger partial charge in [-0.25, -0.2) is 0 Å². The summed E-state index contributed by atoms with van der Waals surface area (Å²) >= 11 is 1.50. The van der Waals surface area contributed by atoms with Gasteiger partial charge in [-0.2, -0.15) is 0 Å².